The van der Waals surface area contributed by atoms with Gasteiger partial charge in [0.2, 0.25) is 0 Å². The molecule has 118 valence electrons. The number of hydrogen-bond donors (Lipinski definition) is 1. The summed E-state index contributed by atoms with van der Waals surface area (Å²) in [5, 5.41) is 10.4. The highest BCUT2D eigenvalue weighted by Gasteiger charge is 2.17. The van der Waals surface area contributed by atoms with Crippen LogP contribution in [0.1, 0.15) is 0 Å². The molecule has 0 atom stereocenters. The fourth-order valence-electron chi connectivity index (χ4n) is 2.23. The zero-order chi connectivity index (χ0) is 16.4. The lowest BCUT2D eigenvalue weighted by atomic mass is 10.1. The van der Waals surface area contributed by atoms with Gasteiger partial charge < -0.3 is 19.0 Å². The molecule has 6 heteroatoms. The van der Waals surface area contributed by atoms with Crippen LogP contribution in [-0.2, 0) is 4.74 Å². The number of rotatable bonds is 4. The Hall–Kier alpha value is -2.31. The van der Waals surface area contributed by atoms with Crippen molar-refractivity contribution in [2.45, 2.75) is 0 Å². The molecule has 0 aliphatic heterocycles. The van der Waals surface area contributed by atoms with Crippen LogP contribution in [-0.4, -0.2) is 19.0 Å². The minimum Gasteiger partial charge on any atom is -0.506 e. The summed E-state index contributed by atoms with van der Waals surface area (Å²) in [5.74, 6) is 0.523. The molecule has 23 heavy (non-hydrogen) atoms. The molecule has 0 fully saturated rings. The Kier molecular flexibility index (Phi) is 4.36. The zero-order valence-electron chi connectivity index (χ0n) is 12.2. The predicted octanol–water partition coefficient (Wildman–Crippen LogP) is 3.91. The number of hydrogen-bond acceptors (Lipinski definition) is 5. The van der Waals surface area contributed by atoms with Gasteiger partial charge in [-0.25, -0.2) is 0 Å². The van der Waals surface area contributed by atoms with Gasteiger partial charge >= 0.3 is 0 Å². The molecule has 0 saturated heterocycles. The number of ether oxygens (including phenoxy) is 2. The van der Waals surface area contributed by atoms with Crippen LogP contribution in [0.5, 0.6) is 11.5 Å². The Morgan fingerprint density at radius 3 is 2.65 bits per heavy atom. The summed E-state index contributed by atoms with van der Waals surface area (Å²) in [6.45, 7) is 0.00611. The molecule has 0 radical (unpaired) electrons. The largest absolute Gasteiger partial charge is 0.506 e. The fourth-order valence-corrected chi connectivity index (χ4v) is 2.65. The summed E-state index contributed by atoms with van der Waals surface area (Å²) < 4.78 is 16.3. The SMILES string of the molecule is COCOc1cc2oc(-c3ccccc3)cc(=O)c2c(O)c1Br. The van der Waals surface area contributed by atoms with Crippen LogP contribution in [0.3, 0.4) is 0 Å². The number of aromatic hydroxyl groups is 1. The minimum absolute atomic E-state index is 0.00611. The molecule has 1 heterocycles. The van der Waals surface area contributed by atoms with E-state index in [0.717, 1.165) is 5.56 Å². The second kappa shape index (κ2) is 6.44. The molecular weight excluding hydrogens is 364 g/mol. The molecule has 0 aliphatic carbocycles. The average molecular weight is 377 g/mol. The monoisotopic (exact) mass is 376 g/mol. The molecule has 0 unspecified atom stereocenters. The Bertz CT molecular complexity index is 902. The first-order chi connectivity index (χ1) is 11.1. The fraction of sp³-hybridized carbons (Fsp3) is 0.118. The van der Waals surface area contributed by atoms with E-state index in [1.165, 1.54) is 13.2 Å². The maximum absolute atomic E-state index is 12.4. The van der Waals surface area contributed by atoms with Gasteiger partial charge in [0.05, 0.1) is 0 Å². The molecule has 0 spiro atoms. The Labute approximate surface area is 140 Å². The molecule has 2 aromatic carbocycles. The van der Waals surface area contributed by atoms with Crippen LogP contribution in [0.4, 0.5) is 0 Å². The smallest absolute Gasteiger partial charge is 0.197 e. The summed E-state index contributed by atoms with van der Waals surface area (Å²) in [6, 6.07) is 12.2. The van der Waals surface area contributed by atoms with E-state index >= 15 is 0 Å². The third-order valence-corrected chi connectivity index (χ3v) is 4.06. The van der Waals surface area contributed by atoms with Crippen molar-refractivity contribution in [3.05, 3.63) is 57.2 Å². The van der Waals surface area contributed by atoms with E-state index in [1.807, 2.05) is 30.3 Å². The van der Waals surface area contributed by atoms with Crippen molar-refractivity contribution in [3.8, 4) is 22.8 Å². The zero-order valence-corrected chi connectivity index (χ0v) is 13.8. The van der Waals surface area contributed by atoms with Crippen molar-refractivity contribution in [1.82, 2.24) is 0 Å². The first-order valence-electron chi connectivity index (χ1n) is 6.78. The van der Waals surface area contributed by atoms with E-state index in [4.69, 9.17) is 13.9 Å². The summed E-state index contributed by atoms with van der Waals surface area (Å²) in [5.41, 5.74) is 0.679. The third kappa shape index (κ3) is 2.95. The van der Waals surface area contributed by atoms with Gasteiger partial charge in [0.15, 0.2) is 12.2 Å². The standard InChI is InChI=1S/C17H13BrO5/c1-21-9-22-14-8-13-15(17(20)16(14)18)11(19)7-12(23-13)10-5-3-2-4-6-10/h2-8,20H,9H2,1H3. The van der Waals surface area contributed by atoms with Crippen molar-refractivity contribution in [1.29, 1.82) is 0 Å². The first-order valence-corrected chi connectivity index (χ1v) is 7.57. The van der Waals surface area contributed by atoms with Gasteiger partial charge in [-0.05, 0) is 15.9 Å². The van der Waals surface area contributed by atoms with Crippen molar-refractivity contribution in [3.63, 3.8) is 0 Å². The number of methoxy groups -OCH3 is 1. The van der Waals surface area contributed by atoms with E-state index in [1.54, 1.807) is 6.07 Å². The van der Waals surface area contributed by atoms with Gasteiger partial charge in [-0.15, -0.1) is 0 Å². The van der Waals surface area contributed by atoms with Gasteiger partial charge in [-0.1, -0.05) is 30.3 Å². The highest BCUT2D eigenvalue weighted by atomic mass is 79.9. The highest BCUT2D eigenvalue weighted by Crippen LogP contribution is 2.39. The number of phenolic OH excluding ortho intramolecular Hbond substituents is 1. The Morgan fingerprint density at radius 1 is 1.22 bits per heavy atom. The van der Waals surface area contributed by atoms with Crippen molar-refractivity contribution in [2.24, 2.45) is 0 Å². The Morgan fingerprint density at radius 2 is 1.96 bits per heavy atom. The van der Waals surface area contributed by atoms with Gasteiger partial charge in [0.25, 0.3) is 0 Å². The number of fused-ring (bicyclic) bond motifs is 1. The maximum Gasteiger partial charge on any atom is 0.197 e. The summed E-state index contributed by atoms with van der Waals surface area (Å²) in [4.78, 5) is 12.4. The van der Waals surface area contributed by atoms with Crippen LogP contribution < -0.4 is 10.2 Å². The van der Waals surface area contributed by atoms with Crippen molar-refractivity contribution in [2.75, 3.05) is 13.9 Å². The van der Waals surface area contributed by atoms with E-state index in [2.05, 4.69) is 15.9 Å². The van der Waals surface area contributed by atoms with Crippen LogP contribution in [0.2, 0.25) is 0 Å². The summed E-state index contributed by atoms with van der Waals surface area (Å²) >= 11 is 3.22. The highest BCUT2D eigenvalue weighted by molar-refractivity contribution is 9.10. The number of phenols is 1. The lowest BCUT2D eigenvalue weighted by Crippen LogP contribution is -2.04. The maximum atomic E-state index is 12.4. The van der Waals surface area contributed by atoms with Crippen molar-refractivity contribution >= 4 is 26.9 Å². The number of halogens is 1. The molecule has 3 rings (SSSR count). The van der Waals surface area contributed by atoms with Gasteiger partial charge in [-0.3, -0.25) is 4.79 Å². The van der Waals surface area contributed by atoms with Crippen LogP contribution >= 0.6 is 15.9 Å². The molecule has 1 aromatic heterocycles. The normalized spacial score (nSPS) is 10.9. The third-order valence-electron chi connectivity index (χ3n) is 3.29. The van der Waals surface area contributed by atoms with E-state index in [9.17, 15) is 9.90 Å². The van der Waals surface area contributed by atoms with Crippen molar-refractivity contribution < 1.29 is 19.0 Å². The minimum atomic E-state index is -0.332. The van der Waals surface area contributed by atoms with Crippen LogP contribution in [0.25, 0.3) is 22.3 Å². The predicted molar refractivity (Wildman–Crippen MR) is 89.8 cm³/mol. The van der Waals surface area contributed by atoms with E-state index in [-0.39, 0.29) is 33.4 Å². The topological polar surface area (TPSA) is 68.9 Å². The summed E-state index contributed by atoms with van der Waals surface area (Å²) in [7, 11) is 1.49. The second-order valence-corrected chi connectivity index (χ2v) is 5.60. The first kappa shape index (κ1) is 15.6. The summed E-state index contributed by atoms with van der Waals surface area (Å²) in [6.07, 6.45) is 0. The molecule has 3 aromatic rings. The van der Waals surface area contributed by atoms with Gasteiger partial charge in [0.1, 0.15) is 32.7 Å². The molecule has 0 bridgehead atoms. The molecule has 0 saturated carbocycles. The van der Waals surface area contributed by atoms with E-state index in [0.29, 0.717) is 11.5 Å². The average Bonchev–Trinajstić information content (AvgIpc) is 2.57. The number of benzene rings is 2. The van der Waals surface area contributed by atoms with Gasteiger partial charge in [-0.2, -0.15) is 0 Å². The van der Waals surface area contributed by atoms with E-state index < -0.39 is 0 Å². The molecule has 5 nitrogen and oxygen atoms in total. The molecule has 0 amide bonds. The molecule has 1 N–H and O–H groups in total. The Balaban J connectivity index is 2.23. The lowest BCUT2D eigenvalue weighted by Gasteiger charge is -2.11. The molecule has 0 aliphatic rings. The van der Waals surface area contributed by atoms with Crippen LogP contribution in [0.15, 0.2) is 56.1 Å². The lowest BCUT2D eigenvalue weighted by molar-refractivity contribution is 0.0505. The molecular formula is C17H13BrO5. The second-order valence-electron chi connectivity index (χ2n) is 4.80. The quantitative estimate of drug-likeness (QED) is 0.699. The van der Waals surface area contributed by atoms with Gasteiger partial charge in [0, 0.05) is 24.8 Å². The van der Waals surface area contributed by atoms with Crippen LogP contribution in [0, 0.1) is 0 Å².